The largest absolute Gasteiger partial charge is 0.396 e. The molecule has 3 rings (SSSR count). The van der Waals surface area contributed by atoms with E-state index in [-0.39, 0.29) is 5.02 Å². The van der Waals surface area contributed by atoms with Crippen LogP contribution in [0, 0.1) is 9.39 Å². The van der Waals surface area contributed by atoms with Crippen molar-refractivity contribution >= 4 is 39.9 Å². The van der Waals surface area contributed by atoms with Crippen molar-refractivity contribution in [1.82, 2.24) is 9.78 Å². The van der Waals surface area contributed by atoms with E-state index in [0.717, 1.165) is 9.13 Å². The predicted molar refractivity (Wildman–Crippen MR) is 91.1 cm³/mol. The van der Waals surface area contributed by atoms with Gasteiger partial charge in [-0.3, -0.25) is 0 Å². The maximum absolute atomic E-state index is 13.5. The van der Waals surface area contributed by atoms with Crippen LogP contribution in [0.4, 0.5) is 10.1 Å². The third-order valence-corrected chi connectivity index (χ3v) is 4.05. The Hall–Kier alpha value is -1.60. The zero-order chi connectivity index (χ0) is 15.0. The van der Waals surface area contributed by atoms with Crippen molar-refractivity contribution in [3.63, 3.8) is 0 Å². The number of aromatic nitrogens is 2. The lowest BCUT2D eigenvalue weighted by atomic mass is 10.1. The van der Waals surface area contributed by atoms with Gasteiger partial charge in [0.2, 0.25) is 0 Å². The average molecular weight is 414 g/mol. The van der Waals surface area contributed by atoms with Crippen LogP contribution in [0.15, 0.2) is 48.7 Å². The lowest BCUT2D eigenvalue weighted by Crippen LogP contribution is -1.95. The Morgan fingerprint density at radius 1 is 1.14 bits per heavy atom. The maximum atomic E-state index is 13.5. The summed E-state index contributed by atoms with van der Waals surface area (Å²) in [4.78, 5) is 0. The third-order valence-electron chi connectivity index (χ3n) is 3.03. The molecule has 0 fully saturated rings. The quantitative estimate of drug-likeness (QED) is 0.628. The lowest BCUT2D eigenvalue weighted by Gasteiger charge is -2.02. The fraction of sp³-hybridized carbons (Fsp3) is 0. The minimum absolute atomic E-state index is 0.0803. The lowest BCUT2D eigenvalue weighted by molar-refractivity contribution is 0.626. The highest BCUT2D eigenvalue weighted by molar-refractivity contribution is 14.1. The predicted octanol–water partition coefficient (Wildman–Crippen LogP) is 4.52. The fourth-order valence-electron chi connectivity index (χ4n) is 1.98. The van der Waals surface area contributed by atoms with Crippen molar-refractivity contribution in [2.24, 2.45) is 0 Å². The van der Waals surface area contributed by atoms with Gasteiger partial charge in [0, 0.05) is 15.2 Å². The monoisotopic (exact) mass is 413 g/mol. The van der Waals surface area contributed by atoms with Gasteiger partial charge in [-0.25, -0.2) is 9.07 Å². The molecule has 0 amide bonds. The van der Waals surface area contributed by atoms with Crippen LogP contribution < -0.4 is 5.73 Å². The summed E-state index contributed by atoms with van der Waals surface area (Å²) in [5.74, 6) is -0.487. The SMILES string of the molecule is Nc1cn(-c2ccc(Cl)c(F)c2)nc1-c1ccc(I)cc1. The summed E-state index contributed by atoms with van der Waals surface area (Å²) in [7, 11) is 0. The molecule has 0 aliphatic carbocycles. The van der Waals surface area contributed by atoms with Gasteiger partial charge in [0.25, 0.3) is 0 Å². The van der Waals surface area contributed by atoms with Gasteiger partial charge in [-0.2, -0.15) is 5.10 Å². The molecule has 2 N–H and O–H groups in total. The normalized spacial score (nSPS) is 10.8. The Labute approximate surface area is 139 Å². The molecule has 6 heteroatoms. The number of nitrogens with two attached hydrogens (primary N) is 1. The standard InChI is InChI=1S/C15H10ClFIN3/c16-12-6-5-11(7-13(12)17)21-8-14(19)15(20-21)9-1-3-10(18)4-2-9/h1-8H,19H2. The van der Waals surface area contributed by atoms with E-state index >= 15 is 0 Å². The second kappa shape index (κ2) is 5.65. The van der Waals surface area contributed by atoms with E-state index in [4.69, 9.17) is 17.3 Å². The van der Waals surface area contributed by atoms with Crippen molar-refractivity contribution in [1.29, 1.82) is 0 Å². The van der Waals surface area contributed by atoms with Gasteiger partial charge >= 0.3 is 0 Å². The topological polar surface area (TPSA) is 43.8 Å². The Balaban J connectivity index is 2.04. The molecular weight excluding hydrogens is 404 g/mol. The van der Waals surface area contributed by atoms with Gasteiger partial charge in [0.1, 0.15) is 11.5 Å². The Morgan fingerprint density at radius 3 is 2.52 bits per heavy atom. The van der Waals surface area contributed by atoms with E-state index < -0.39 is 5.82 Å². The second-order valence-corrected chi connectivity index (χ2v) is 6.14. The Morgan fingerprint density at radius 2 is 1.86 bits per heavy atom. The van der Waals surface area contributed by atoms with Crippen LogP contribution in [0.2, 0.25) is 5.02 Å². The molecule has 0 unspecified atom stereocenters. The number of nitrogens with zero attached hydrogens (tertiary/aromatic N) is 2. The number of rotatable bonds is 2. The molecule has 0 spiro atoms. The molecule has 1 heterocycles. The summed E-state index contributed by atoms with van der Waals surface area (Å²) in [6, 6.07) is 12.4. The molecule has 0 aliphatic heterocycles. The highest BCUT2D eigenvalue weighted by Gasteiger charge is 2.11. The zero-order valence-corrected chi connectivity index (χ0v) is 13.6. The minimum Gasteiger partial charge on any atom is -0.396 e. The van der Waals surface area contributed by atoms with Gasteiger partial charge in [0.05, 0.1) is 22.6 Å². The van der Waals surface area contributed by atoms with Crippen LogP contribution in [0.3, 0.4) is 0 Å². The van der Waals surface area contributed by atoms with Crippen molar-refractivity contribution in [2.45, 2.75) is 0 Å². The summed E-state index contributed by atoms with van der Waals surface area (Å²) < 4.78 is 16.2. The molecule has 1 aromatic heterocycles. The van der Waals surface area contributed by atoms with Crippen LogP contribution in [-0.4, -0.2) is 9.78 Å². The summed E-state index contributed by atoms with van der Waals surface area (Å²) in [5.41, 5.74) is 8.70. The van der Waals surface area contributed by atoms with Crippen molar-refractivity contribution in [2.75, 3.05) is 5.73 Å². The number of anilines is 1. The molecule has 3 aromatic rings. The van der Waals surface area contributed by atoms with E-state index in [0.29, 0.717) is 17.1 Å². The van der Waals surface area contributed by atoms with E-state index in [1.165, 1.54) is 12.1 Å². The van der Waals surface area contributed by atoms with Crippen LogP contribution in [-0.2, 0) is 0 Å². The van der Waals surface area contributed by atoms with Crippen LogP contribution >= 0.6 is 34.2 Å². The van der Waals surface area contributed by atoms with E-state index in [1.54, 1.807) is 16.9 Å². The molecule has 2 aromatic carbocycles. The summed E-state index contributed by atoms with van der Waals surface area (Å²) in [5, 5.41) is 4.51. The second-order valence-electron chi connectivity index (χ2n) is 4.48. The molecule has 21 heavy (non-hydrogen) atoms. The molecule has 0 aliphatic rings. The average Bonchev–Trinajstić information content (AvgIpc) is 2.85. The number of nitrogen functional groups attached to an aromatic ring is 1. The number of halogens is 3. The third kappa shape index (κ3) is 2.89. The molecule has 0 radical (unpaired) electrons. The number of benzene rings is 2. The summed E-state index contributed by atoms with van der Waals surface area (Å²) in [6.07, 6.45) is 1.66. The van der Waals surface area contributed by atoms with Crippen molar-refractivity contribution < 1.29 is 4.39 Å². The first-order chi connectivity index (χ1) is 10.0. The van der Waals surface area contributed by atoms with Gasteiger partial charge in [0.15, 0.2) is 0 Å². The first-order valence-corrected chi connectivity index (χ1v) is 7.57. The van der Waals surface area contributed by atoms with Crippen molar-refractivity contribution in [3.8, 4) is 16.9 Å². The van der Waals surface area contributed by atoms with Gasteiger partial charge in [-0.1, -0.05) is 23.7 Å². The minimum atomic E-state index is -0.487. The Bertz CT molecular complexity index is 799. The van der Waals surface area contributed by atoms with Gasteiger partial charge in [-0.05, 0) is 46.9 Å². The number of hydrogen-bond donors (Lipinski definition) is 1. The summed E-state index contributed by atoms with van der Waals surface area (Å²) in [6.45, 7) is 0. The molecule has 0 saturated heterocycles. The molecular formula is C15H10ClFIN3. The molecule has 0 bridgehead atoms. The van der Waals surface area contributed by atoms with Crippen LogP contribution in [0.5, 0.6) is 0 Å². The smallest absolute Gasteiger partial charge is 0.143 e. The number of hydrogen-bond acceptors (Lipinski definition) is 2. The van der Waals surface area contributed by atoms with Crippen LogP contribution in [0.1, 0.15) is 0 Å². The highest BCUT2D eigenvalue weighted by atomic mass is 127. The Kier molecular flexibility index (Phi) is 3.86. The molecule has 3 nitrogen and oxygen atoms in total. The molecule has 106 valence electrons. The van der Waals surface area contributed by atoms with E-state index in [2.05, 4.69) is 27.7 Å². The van der Waals surface area contributed by atoms with Gasteiger partial charge in [-0.15, -0.1) is 0 Å². The molecule has 0 atom stereocenters. The first kappa shape index (κ1) is 14.3. The maximum Gasteiger partial charge on any atom is 0.143 e. The van der Waals surface area contributed by atoms with E-state index in [9.17, 15) is 4.39 Å². The fourth-order valence-corrected chi connectivity index (χ4v) is 2.46. The van der Waals surface area contributed by atoms with E-state index in [1.807, 2.05) is 24.3 Å². The van der Waals surface area contributed by atoms with Crippen LogP contribution in [0.25, 0.3) is 16.9 Å². The van der Waals surface area contributed by atoms with Gasteiger partial charge < -0.3 is 5.73 Å². The first-order valence-electron chi connectivity index (χ1n) is 6.11. The highest BCUT2D eigenvalue weighted by Crippen LogP contribution is 2.27. The zero-order valence-electron chi connectivity index (χ0n) is 10.7. The van der Waals surface area contributed by atoms with Crippen molar-refractivity contribution in [3.05, 3.63) is 63.1 Å². The summed E-state index contributed by atoms with van der Waals surface area (Å²) >= 11 is 7.92. The molecule has 0 saturated carbocycles.